The van der Waals surface area contributed by atoms with Crippen molar-refractivity contribution in [2.24, 2.45) is 0 Å². The molecule has 2 rings (SSSR count). The first kappa shape index (κ1) is 16.4. The summed E-state index contributed by atoms with van der Waals surface area (Å²) in [4.78, 5) is 12.8. The van der Waals surface area contributed by atoms with E-state index in [1.165, 1.54) is 6.07 Å². The normalized spacial score (nSPS) is 12.0. The van der Waals surface area contributed by atoms with Crippen LogP contribution in [0.15, 0.2) is 42.5 Å². The fourth-order valence-corrected chi connectivity index (χ4v) is 2.31. The average molecular weight is 326 g/mol. The van der Waals surface area contributed by atoms with Crippen molar-refractivity contribution in [1.29, 1.82) is 0 Å². The van der Waals surface area contributed by atoms with E-state index in [0.717, 1.165) is 22.6 Å². The number of hydrogen-bond donors (Lipinski definition) is 2. The largest absolute Gasteiger partial charge is 0.326 e. The summed E-state index contributed by atoms with van der Waals surface area (Å²) >= 11 is 6.06. The number of nitrogens with one attached hydrogen (secondary N) is 2. The van der Waals surface area contributed by atoms with Crippen molar-refractivity contribution >= 4 is 23.2 Å². The van der Waals surface area contributed by atoms with E-state index >= 15 is 0 Å². The highest BCUT2D eigenvalue weighted by Crippen LogP contribution is 2.17. The smallest absolute Gasteiger partial charge is 0.279 e. The van der Waals surface area contributed by atoms with E-state index in [9.17, 15) is 13.6 Å². The lowest BCUT2D eigenvalue weighted by atomic mass is 10.2. The molecule has 2 aromatic rings. The van der Waals surface area contributed by atoms with E-state index in [-0.39, 0.29) is 6.54 Å². The number of amides is 1. The van der Waals surface area contributed by atoms with Gasteiger partial charge in [0.1, 0.15) is 23.9 Å². The Labute approximate surface area is 132 Å². The van der Waals surface area contributed by atoms with Gasteiger partial charge >= 0.3 is 0 Å². The average Bonchev–Trinajstić information content (AvgIpc) is 2.45. The van der Waals surface area contributed by atoms with Crippen molar-refractivity contribution in [1.82, 2.24) is 0 Å². The first-order valence-electron chi connectivity index (χ1n) is 6.76. The maximum absolute atomic E-state index is 13.5. The van der Waals surface area contributed by atoms with Crippen molar-refractivity contribution in [3.8, 4) is 0 Å². The molecule has 0 aromatic heterocycles. The van der Waals surface area contributed by atoms with Crippen molar-refractivity contribution in [2.75, 3.05) is 18.9 Å². The van der Waals surface area contributed by atoms with Crippen LogP contribution < -0.4 is 10.2 Å². The van der Waals surface area contributed by atoms with Gasteiger partial charge < -0.3 is 10.2 Å². The highest BCUT2D eigenvalue weighted by atomic mass is 35.5. The standard InChI is InChI=1S/C16H15ClF2N2O/c1-21(9-11-5-2-3-6-12(11)17)10-15(22)20-16-13(18)7-4-8-14(16)19/h2-8H,9-10H2,1H3,(H,20,22)/p+1. The van der Waals surface area contributed by atoms with Gasteiger partial charge in [-0.1, -0.05) is 35.9 Å². The number of rotatable bonds is 5. The molecular weight excluding hydrogens is 310 g/mol. The molecule has 0 saturated carbocycles. The molecule has 1 unspecified atom stereocenters. The molecule has 0 radical (unpaired) electrons. The Kier molecular flexibility index (Phi) is 5.46. The molecule has 0 heterocycles. The minimum absolute atomic E-state index is 0.0684. The first-order valence-corrected chi connectivity index (χ1v) is 7.13. The number of anilines is 1. The molecule has 1 amide bonds. The van der Waals surface area contributed by atoms with Crippen LogP contribution in [0.3, 0.4) is 0 Å². The molecule has 22 heavy (non-hydrogen) atoms. The number of benzene rings is 2. The van der Waals surface area contributed by atoms with Gasteiger partial charge in [0.25, 0.3) is 5.91 Å². The topological polar surface area (TPSA) is 33.5 Å². The Hall–Kier alpha value is -1.98. The number of hydrogen-bond acceptors (Lipinski definition) is 1. The van der Waals surface area contributed by atoms with Gasteiger partial charge in [0.15, 0.2) is 6.54 Å². The third-order valence-electron chi connectivity index (χ3n) is 3.14. The lowest BCUT2D eigenvalue weighted by molar-refractivity contribution is -0.885. The molecule has 2 N–H and O–H groups in total. The second-order valence-corrected chi connectivity index (χ2v) is 5.45. The summed E-state index contributed by atoms with van der Waals surface area (Å²) in [7, 11) is 1.81. The van der Waals surface area contributed by atoms with Gasteiger partial charge in [-0.15, -0.1) is 0 Å². The Morgan fingerprint density at radius 1 is 1.14 bits per heavy atom. The van der Waals surface area contributed by atoms with Crippen LogP contribution in [-0.4, -0.2) is 19.5 Å². The van der Waals surface area contributed by atoms with Gasteiger partial charge in [-0.05, 0) is 18.2 Å². The summed E-state index contributed by atoms with van der Waals surface area (Å²) in [6, 6.07) is 10.8. The Morgan fingerprint density at radius 3 is 2.41 bits per heavy atom. The zero-order valence-electron chi connectivity index (χ0n) is 12.0. The summed E-state index contributed by atoms with van der Waals surface area (Å²) in [5.74, 6) is -2.05. The molecule has 0 aliphatic carbocycles. The molecule has 6 heteroatoms. The van der Waals surface area contributed by atoms with Crippen LogP contribution in [0.5, 0.6) is 0 Å². The van der Waals surface area contributed by atoms with E-state index in [4.69, 9.17) is 11.6 Å². The first-order chi connectivity index (χ1) is 10.5. The van der Waals surface area contributed by atoms with Crippen molar-refractivity contribution in [3.05, 3.63) is 64.7 Å². The van der Waals surface area contributed by atoms with Crippen LogP contribution in [0, 0.1) is 11.6 Å². The van der Waals surface area contributed by atoms with Gasteiger partial charge in [0.2, 0.25) is 0 Å². The lowest BCUT2D eigenvalue weighted by Gasteiger charge is -2.15. The van der Waals surface area contributed by atoms with E-state index in [1.807, 2.05) is 18.2 Å². The van der Waals surface area contributed by atoms with Crippen LogP contribution in [0.4, 0.5) is 14.5 Å². The number of carbonyl (C=O) groups is 1. The summed E-state index contributed by atoms with van der Waals surface area (Å²) in [5, 5.41) is 2.89. The lowest BCUT2D eigenvalue weighted by Crippen LogP contribution is -3.08. The van der Waals surface area contributed by atoms with Gasteiger partial charge in [-0.2, -0.15) is 0 Å². The fourth-order valence-electron chi connectivity index (χ4n) is 2.10. The van der Waals surface area contributed by atoms with Crippen molar-refractivity contribution in [2.45, 2.75) is 6.54 Å². The third-order valence-corrected chi connectivity index (χ3v) is 3.51. The fraction of sp³-hybridized carbons (Fsp3) is 0.188. The third kappa shape index (κ3) is 4.26. The van der Waals surface area contributed by atoms with Crippen LogP contribution in [-0.2, 0) is 11.3 Å². The van der Waals surface area contributed by atoms with E-state index in [2.05, 4.69) is 5.32 Å². The second kappa shape index (κ2) is 7.33. The zero-order chi connectivity index (χ0) is 16.1. The molecule has 0 bridgehead atoms. The Bertz CT molecular complexity index is 659. The van der Waals surface area contributed by atoms with Crippen LogP contribution in [0.1, 0.15) is 5.56 Å². The molecule has 116 valence electrons. The van der Waals surface area contributed by atoms with E-state index in [1.54, 1.807) is 13.1 Å². The molecular formula is C16H16ClF2N2O+. The quantitative estimate of drug-likeness (QED) is 0.869. The van der Waals surface area contributed by atoms with Crippen LogP contribution in [0.25, 0.3) is 0 Å². The zero-order valence-corrected chi connectivity index (χ0v) is 12.8. The number of para-hydroxylation sites is 1. The molecule has 0 fully saturated rings. The highest BCUT2D eigenvalue weighted by molar-refractivity contribution is 6.31. The van der Waals surface area contributed by atoms with E-state index < -0.39 is 23.2 Å². The van der Waals surface area contributed by atoms with E-state index in [0.29, 0.717) is 11.6 Å². The van der Waals surface area contributed by atoms with Crippen LogP contribution in [0.2, 0.25) is 5.02 Å². The predicted octanol–water partition coefficient (Wildman–Crippen LogP) is 2.27. The number of halogens is 3. The number of likely N-dealkylation sites (N-methyl/N-ethyl adjacent to an activating group) is 1. The monoisotopic (exact) mass is 325 g/mol. The predicted molar refractivity (Wildman–Crippen MR) is 81.9 cm³/mol. The van der Waals surface area contributed by atoms with Gasteiger partial charge in [-0.25, -0.2) is 8.78 Å². The summed E-state index contributed by atoms with van der Waals surface area (Å²) in [5.41, 5.74) is 0.490. The summed E-state index contributed by atoms with van der Waals surface area (Å²) in [6.07, 6.45) is 0. The highest BCUT2D eigenvalue weighted by Gasteiger charge is 2.16. The maximum Gasteiger partial charge on any atom is 0.279 e. The minimum Gasteiger partial charge on any atom is -0.326 e. The second-order valence-electron chi connectivity index (χ2n) is 5.05. The SMILES string of the molecule is C[NH+](CC(=O)Nc1c(F)cccc1F)Cc1ccccc1Cl. The summed E-state index contributed by atoms with van der Waals surface area (Å²) < 4.78 is 26.9. The molecule has 3 nitrogen and oxygen atoms in total. The molecule has 0 spiro atoms. The Balaban J connectivity index is 1.96. The number of quaternary nitrogens is 1. The summed E-state index contributed by atoms with van der Waals surface area (Å²) in [6.45, 7) is 0.603. The molecule has 0 aliphatic heterocycles. The van der Waals surface area contributed by atoms with Crippen molar-refractivity contribution < 1.29 is 18.5 Å². The maximum atomic E-state index is 13.5. The molecule has 1 atom stereocenters. The minimum atomic E-state index is -0.794. The van der Waals surface area contributed by atoms with Crippen LogP contribution >= 0.6 is 11.6 Å². The number of carbonyl (C=O) groups excluding carboxylic acids is 1. The van der Waals surface area contributed by atoms with Gasteiger partial charge in [-0.3, -0.25) is 4.79 Å². The van der Waals surface area contributed by atoms with Gasteiger partial charge in [0, 0.05) is 10.6 Å². The molecule has 2 aromatic carbocycles. The molecule has 0 saturated heterocycles. The molecule has 0 aliphatic rings. The van der Waals surface area contributed by atoms with Crippen molar-refractivity contribution in [3.63, 3.8) is 0 Å². The van der Waals surface area contributed by atoms with Gasteiger partial charge in [0.05, 0.1) is 7.05 Å². The Morgan fingerprint density at radius 2 is 1.77 bits per heavy atom.